The second-order valence-corrected chi connectivity index (χ2v) is 6.44. The molecule has 0 saturated heterocycles. The van der Waals surface area contributed by atoms with Crippen molar-refractivity contribution in [2.45, 2.75) is 26.3 Å². The van der Waals surface area contributed by atoms with Gasteiger partial charge >= 0.3 is 0 Å². The standard InChI is InChI=1S/C18H18N2O2S/c1-13-4-6-14(7-5-13)18-15(12-22-20-18)8-9-17(21)19-11-16-3-2-10-23-16/h2-7,10,12H,8-9,11H2,1H3,(H,19,21). The van der Waals surface area contributed by atoms with Crippen LogP contribution < -0.4 is 5.32 Å². The number of nitrogens with one attached hydrogen (secondary N) is 1. The maximum Gasteiger partial charge on any atom is 0.220 e. The van der Waals surface area contributed by atoms with Gasteiger partial charge in [0.05, 0.1) is 6.54 Å². The van der Waals surface area contributed by atoms with Gasteiger partial charge in [-0.05, 0) is 24.8 Å². The highest BCUT2D eigenvalue weighted by Crippen LogP contribution is 2.23. The molecule has 1 aromatic carbocycles. The molecule has 0 aliphatic rings. The SMILES string of the molecule is Cc1ccc(-c2nocc2CCC(=O)NCc2cccs2)cc1. The van der Waals surface area contributed by atoms with Gasteiger partial charge in [-0.25, -0.2) is 0 Å². The Kier molecular flexibility index (Phi) is 4.88. The molecule has 0 bridgehead atoms. The first kappa shape index (κ1) is 15.5. The summed E-state index contributed by atoms with van der Waals surface area (Å²) in [6.45, 7) is 2.64. The Morgan fingerprint density at radius 1 is 1.26 bits per heavy atom. The summed E-state index contributed by atoms with van der Waals surface area (Å²) in [6, 6.07) is 12.1. The van der Waals surface area contributed by atoms with E-state index in [0.29, 0.717) is 19.4 Å². The molecule has 1 N–H and O–H groups in total. The predicted molar refractivity (Wildman–Crippen MR) is 91.2 cm³/mol. The van der Waals surface area contributed by atoms with Gasteiger partial charge in [0.15, 0.2) is 0 Å². The van der Waals surface area contributed by atoms with Gasteiger partial charge in [0.25, 0.3) is 0 Å². The molecule has 0 fully saturated rings. The molecule has 0 radical (unpaired) electrons. The van der Waals surface area contributed by atoms with Crippen molar-refractivity contribution < 1.29 is 9.32 Å². The van der Waals surface area contributed by atoms with Crippen molar-refractivity contribution in [2.24, 2.45) is 0 Å². The zero-order valence-corrected chi connectivity index (χ0v) is 13.7. The molecule has 4 nitrogen and oxygen atoms in total. The summed E-state index contributed by atoms with van der Waals surface area (Å²) in [6.07, 6.45) is 2.66. The molecule has 1 amide bonds. The van der Waals surface area contributed by atoms with Crippen LogP contribution in [0, 0.1) is 6.92 Å². The number of amides is 1. The van der Waals surface area contributed by atoms with Crippen molar-refractivity contribution in [3.63, 3.8) is 0 Å². The average Bonchev–Trinajstić information content (AvgIpc) is 3.23. The number of hydrogen-bond donors (Lipinski definition) is 1. The molecule has 118 valence electrons. The fourth-order valence-electron chi connectivity index (χ4n) is 2.32. The molecule has 2 heterocycles. The van der Waals surface area contributed by atoms with Crippen molar-refractivity contribution in [1.29, 1.82) is 0 Å². The van der Waals surface area contributed by atoms with Crippen molar-refractivity contribution in [2.75, 3.05) is 0 Å². The van der Waals surface area contributed by atoms with Crippen LogP contribution in [-0.4, -0.2) is 11.1 Å². The monoisotopic (exact) mass is 326 g/mol. The molecule has 5 heteroatoms. The van der Waals surface area contributed by atoms with Gasteiger partial charge in [-0.15, -0.1) is 11.3 Å². The van der Waals surface area contributed by atoms with Crippen LogP contribution in [0.25, 0.3) is 11.3 Å². The van der Waals surface area contributed by atoms with E-state index in [1.165, 1.54) is 5.56 Å². The number of hydrogen-bond acceptors (Lipinski definition) is 4. The number of thiophene rings is 1. The van der Waals surface area contributed by atoms with Gasteiger partial charge in [0.1, 0.15) is 12.0 Å². The van der Waals surface area contributed by atoms with Crippen molar-refractivity contribution in [3.8, 4) is 11.3 Å². The number of carbonyl (C=O) groups excluding carboxylic acids is 1. The fourth-order valence-corrected chi connectivity index (χ4v) is 2.96. The number of aromatic nitrogens is 1. The van der Waals surface area contributed by atoms with Crippen molar-refractivity contribution in [1.82, 2.24) is 10.5 Å². The van der Waals surface area contributed by atoms with Crippen LogP contribution in [0.3, 0.4) is 0 Å². The minimum atomic E-state index is 0.0365. The van der Waals surface area contributed by atoms with Crippen LogP contribution >= 0.6 is 11.3 Å². The molecule has 23 heavy (non-hydrogen) atoms. The minimum absolute atomic E-state index is 0.0365. The van der Waals surface area contributed by atoms with E-state index in [9.17, 15) is 4.79 Å². The highest BCUT2D eigenvalue weighted by molar-refractivity contribution is 7.09. The summed E-state index contributed by atoms with van der Waals surface area (Å²) in [7, 11) is 0. The first-order valence-corrected chi connectivity index (χ1v) is 8.40. The Morgan fingerprint density at radius 2 is 2.09 bits per heavy atom. The van der Waals surface area contributed by atoms with Crippen LogP contribution in [0.2, 0.25) is 0 Å². The summed E-state index contributed by atoms with van der Waals surface area (Å²) in [5.74, 6) is 0.0365. The summed E-state index contributed by atoms with van der Waals surface area (Å²) >= 11 is 1.64. The summed E-state index contributed by atoms with van der Waals surface area (Å²) in [5.41, 5.74) is 3.99. The Bertz CT molecular complexity index is 761. The molecule has 3 rings (SSSR count). The second-order valence-electron chi connectivity index (χ2n) is 5.41. The van der Waals surface area contributed by atoms with Gasteiger partial charge < -0.3 is 9.84 Å². The van der Waals surface area contributed by atoms with E-state index in [-0.39, 0.29) is 5.91 Å². The molecule has 0 saturated carbocycles. The third-order valence-corrected chi connectivity index (χ3v) is 4.51. The third-order valence-electron chi connectivity index (χ3n) is 3.63. The second kappa shape index (κ2) is 7.24. The van der Waals surface area contributed by atoms with Crippen LogP contribution in [-0.2, 0) is 17.8 Å². The van der Waals surface area contributed by atoms with E-state index >= 15 is 0 Å². The first-order chi connectivity index (χ1) is 11.2. The van der Waals surface area contributed by atoms with Gasteiger partial charge in [0, 0.05) is 22.4 Å². The van der Waals surface area contributed by atoms with E-state index in [4.69, 9.17) is 4.52 Å². The highest BCUT2D eigenvalue weighted by atomic mass is 32.1. The fraction of sp³-hybridized carbons (Fsp3) is 0.222. The molecule has 0 spiro atoms. The maximum absolute atomic E-state index is 12.0. The zero-order valence-electron chi connectivity index (χ0n) is 12.9. The lowest BCUT2D eigenvalue weighted by molar-refractivity contribution is -0.121. The van der Waals surface area contributed by atoms with E-state index in [2.05, 4.69) is 10.5 Å². The Morgan fingerprint density at radius 3 is 2.83 bits per heavy atom. The molecule has 2 aromatic heterocycles. The van der Waals surface area contributed by atoms with Crippen LogP contribution in [0.4, 0.5) is 0 Å². The molecule has 0 aliphatic carbocycles. The van der Waals surface area contributed by atoms with Crippen LogP contribution in [0.1, 0.15) is 22.4 Å². The Balaban J connectivity index is 1.57. The number of rotatable bonds is 6. The largest absolute Gasteiger partial charge is 0.364 e. The number of aryl methyl sites for hydroxylation is 2. The van der Waals surface area contributed by atoms with E-state index < -0.39 is 0 Å². The van der Waals surface area contributed by atoms with Gasteiger partial charge in [0.2, 0.25) is 5.91 Å². The molecule has 0 atom stereocenters. The smallest absolute Gasteiger partial charge is 0.220 e. The molecule has 0 aliphatic heterocycles. The molecular weight excluding hydrogens is 308 g/mol. The molecular formula is C18H18N2O2S. The topological polar surface area (TPSA) is 55.1 Å². The van der Waals surface area contributed by atoms with Crippen molar-refractivity contribution in [3.05, 3.63) is 64.0 Å². The van der Waals surface area contributed by atoms with E-state index in [1.807, 2.05) is 48.7 Å². The predicted octanol–water partition coefficient (Wildman–Crippen LogP) is 3.96. The van der Waals surface area contributed by atoms with Crippen LogP contribution in [0.5, 0.6) is 0 Å². The maximum atomic E-state index is 12.0. The molecule has 0 unspecified atom stereocenters. The quantitative estimate of drug-likeness (QED) is 0.746. The highest BCUT2D eigenvalue weighted by Gasteiger charge is 2.12. The lowest BCUT2D eigenvalue weighted by Gasteiger charge is -2.04. The summed E-state index contributed by atoms with van der Waals surface area (Å²) in [5, 5.41) is 9.02. The number of nitrogens with zero attached hydrogens (tertiary/aromatic N) is 1. The number of benzene rings is 1. The van der Waals surface area contributed by atoms with E-state index in [0.717, 1.165) is 21.7 Å². The summed E-state index contributed by atoms with van der Waals surface area (Å²) in [4.78, 5) is 13.1. The first-order valence-electron chi connectivity index (χ1n) is 7.52. The molecule has 3 aromatic rings. The number of carbonyl (C=O) groups is 1. The lowest BCUT2D eigenvalue weighted by atomic mass is 10.0. The van der Waals surface area contributed by atoms with Crippen LogP contribution in [0.15, 0.2) is 52.6 Å². The van der Waals surface area contributed by atoms with Gasteiger partial charge in [-0.1, -0.05) is 41.1 Å². The van der Waals surface area contributed by atoms with E-state index in [1.54, 1.807) is 17.6 Å². The van der Waals surface area contributed by atoms with Gasteiger partial charge in [-0.2, -0.15) is 0 Å². The summed E-state index contributed by atoms with van der Waals surface area (Å²) < 4.78 is 5.10. The van der Waals surface area contributed by atoms with Crippen molar-refractivity contribution >= 4 is 17.2 Å². The van der Waals surface area contributed by atoms with Gasteiger partial charge in [-0.3, -0.25) is 4.79 Å². The minimum Gasteiger partial charge on any atom is -0.364 e. The zero-order chi connectivity index (χ0) is 16.1. The normalized spacial score (nSPS) is 10.7. The lowest BCUT2D eigenvalue weighted by Crippen LogP contribution is -2.22. The Hall–Kier alpha value is -2.40. The third kappa shape index (κ3) is 4.07. The average molecular weight is 326 g/mol. The Labute approximate surface area is 139 Å².